The van der Waals surface area contributed by atoms with Crippen molar-refractivity contribution >= 4 is 0 Å². The number of ether oxygens (including phenoxy) is 2. The van der Waals surface area contributed by atoms with Crippen molar-refractivity contribution in [1.29, 1.82) is 0 Å². The average molecular weight is 426 g/mol. The molecule has 0 spiro atoms. The van der Waals surface area contributed by atoms with Crippen LogP contribution in [0.15, 0.2) is 36.4 Å². The lowest BCUT2D eigenvalue weighted by Crippen LogP contribution is -2.25. The number of halogens is 4. The van der Waals surface area contributed by atoms with E-state index in [0.717, 1.165) is 37.7 Å². The van der Waals surface area contributed by atoms with Gasteiger partial charge < -0.3 is 9.47 Å². The van der Waals surface area contributed by atoms with Gasteiger partial charge in [0.25, 0.3) is 0 Å². The topological polar surface area (TPSA) is 18.5 Å². The molecule has 0 unspecified atom stereocenters. The van der Waals surface area contributed by atoms with Crippen molar-refractivity contribution in [3.05, 3.63) is 59.2 Å². The molecule has 0 heterocycles. The third kappa shape index (κ3) is 7.54. The van der Waals surface area contributed by atoms with Crippen LogP contribution in [0.2, 0.25) is 0 Å². The second-order valence-electron chi connectivity index (χ2n) is 7.39. The molecule has 0 aliphatic carbocycles. The number of benzene rings is 2. The van der Waals surface area contributed by atoms with Crippen LogP contribution in [0.25, 0.3) is 0 Å². The highest BCUT2D eigenvalue weighted by molar-refractivity contribution is 5.31. The molecule has 0 N–H and O–H groups in total. The second kappa shape index (κ2) is 11.8. The minimum absolute atomic E-state index is 0.0468. The third-order valence-corrected chi connectivity index (χ3v) is 4.83. The summed E-state index contributed by atoms with van der Waals surface area (Å²) in [7, 11) is 0. The van der Waals surface area contributed by atoms with E-state index >= 15 is 0 Å². The fraction of sp³-hybridized carbons (Fsp3) is 0.500. The predicted octanol–water partition coefficient (Wildman–Crippen LogP) is 7.48. The number of hydrogen-bond donors (Lipinski definition) is 0. The van der Waals surface area contributed by atoms with Crippen molar-refractivity contribution in [2.24, 2.45) is 0 Å². The Morgan fingerprint density at radius 3 is 2.17 bits per heavy atom. The van der Waals surface area contributed by atoms with Crippen LogP contribution in [0.4, 0.5) is 17.6 Å². The molecule has 30 heavy (non-hydrogen) atoms. The summed E-state index contributed by atoms with van der Waals surface area (Å²) in [4.78, 5) is 0. The van der Waals surface area contributed by atoms with Gasteiger partial charge in [0.1, 0.15) is 5.75 Å². The van der Waals surface area contributed by atoms with Gasteiger partial charge in [-0.1, -0.05) is 51.3 Å². The molecule has 2 nitrogen and oxygen atoms in total. The molecule has 0 saturated carbocycles. The lowest BCUT2D eigenvalue weighted by atomic mass is 10.1. The fourth-order valence-electron chi connectivity index (χ4n) is 3.01. The Kier molecular flexibility index (Phi) is 9.47. The summed E-state index contributed by atoms with van der Waals surface area (Å²) in [6, 6.07) is 9.12. The van der Waals surface area contributed by atoms with Gasteiger partial charge in [0.2, 0.25) is 5.82 Å². The van der Waals surface area contributed by atoms with Gasteiger partial charge >= 0.3 is 6.11 Å². The Morgan fingerprint density at radius 1 is 0.800 bits per heavy atom. The largest absolute Gasteiger partial charge is 0.490 e. The first-order valence-electron chi connectivity index (χ1n) is 10.6. The average Bonchev–Trinajstić information content (AvgIpc) is 2.72. The molecule has 6 heteroatoms. The monoisotopic (exact) mass is 426 g/mol. The minimum atomic E-state index is -3.50. The van der Waals surface area contributed by atoms with Gasteiger partial charge in [-0.2, -0.15) is 13.2 Å². The highest BCUT2D eigenvalue weighted by Gasteiger charge is 2.32. The number of rotatable bonds is 13. The predicted molar refractivity (Wildman–Crippen MR) is 110 cm³/mol. The van der Waals surface area contributed by atoms with E-state index < -0.39 is 24.2 Å². The maximum Gasteiger partial charge on any atom is 0.398 e. The third-order valence-electron chi connectivity index (χ3n) is 4.83. The van der Waals surface area contributed by atoms with Gasteiger partial charge in [-0.15, -0.1) is 0 Å². The van der Waals surface area contributed by atoms with E-state index in [1.54, 1.807) is 12.1 Å². The molecule has 0 aromatic heterocycles. The van der Waals surface area contributed by atoms with Crippen LogP contribution in [0.3, 0.4) is 0 Å². The maximum absolute atomic E-state index is 14.2. The summed E-state index contributed by atoms with van der Waals surface area (Å²) in [5, 5.41) is 0. The van der Waals surface area contributed by atoms with E-state index in [4.69, 9.17) is 9.47 Å². The fourth-order valence-corrected chi connectivity index (χ4v) is 3.01. The van der Waals surface area contributed by atoms with Crippen molar-refractivity contribution in [2.75, 3.05) is 6.61 Å². The van der Waals surface area contributed by atoms with E-state index in [1.807, 2.05) is 6.92 Å². The summed E-state index contributed by atoms with van der Waals surface area (Å²) in [5.74, 6) is -2.46. The molecule has 2 aromatic rings. The highest BCUT2D eigenvalue weighted by atomic mass is 19.3. The summed E-state index contributed by atoms with van der Waals surface area (Å²) in [6.07, 6.45) is 1.14. The molecular weight excluding hydrogens is 396 g/mol. The Labute approximate surface area is 176 Å². The maximum atomic E-state index is 14.2. The van der Waals surface area contributed by atoms with E-state index in [1.165, 1.54) is 24.3 Å². The Hall–Kier alpha value is -2.24. The molecule has 0 bridgehead atoms. The Bertz CT molecular complexity index is 776. The zero-order chi connectivity index (χ0) is 22.0. The van der Waals surface area contributed by atoms with Crippen LogP contribution in [-0.4, -0.2) is 12.7 Å². The SMILES string of the molecule is CCCCCc1ccc(OC(F)(F)CCc2ccc(OCCCC)c(F)c2F)cc1. The molecular formula is C24H30F4O2. The van der Waals surface area contributed by atoms with E-state index in [9.17, 15) is 17.6 Å². The normalized spacial score (nSPS) is 11.5. The van der Waals surface area contributed by atoms with Crippen LogP contribution < -0.4 is 9.47 Å². The highest BCUT2D eigenvalue weighted by Crippen LogP contribution is 2.29. The van der Waals surface area contributed by atoms with Crippen molar-refractivity contribution in [3.63, 3.8) is 0 Å². The summed E-state index contributed by atoms with van der Waals surface area (Å²) < 4.78 is 66.7. The van der Waals surface area contributed by atoms with Crippen LogP contribution in [-0.2, 0) is 12.8 Å². The molecule has 0 fully saturated rings. The smallest absolute Gasteiger partial charge is 0.398 e. The minimum Gasteiger partial charge on any atom is -0.490 e. The first kappa shape index (κ1) is 24.0. The number of unbranched alkanes of at least 4 members (excludes halogenated alkanes) is 3. The molecule has 0 saturated heterocycles. The Morgan fingerprint density at radius 2 is 1.50 bits per heavy atom. The molecule has 0 aliphatic rings. The number of alkyl halides is 2. The van der Waals surface area contributed by atoms with Crippen molar-refractivity contribution in [2.45, 2.75) is 71.3 Å². The zero-order valence-electron chi connectivity index (χ0n) is 17.7. The van der Waals surface area contributed by atoms with Gasteiger partial charge in [-0.25, -0.2) is 4.39 Å². The second-order valence-corrected chi connectivity index (χ2v) is 7.39. The van der Waals surface area contributed by atoms with Gasteiger partial charge in [-0.05, 0) is 55.0 Å². The summed E-state index contributed by atoms with van der Waals surface area (Å²) in [5.41, 5.74) is 0.933. The van der Waals surface area contributed by atoms with Gasteiger partial charge in [0.05, 0.1) is 13.0 Å². The van der Waals surface area contributed by atoms with Crippen LogP contribution in [0.5, 0.6) is 11.5 Å². The molecule has 0 amide bonds. The summed E-state index contributed by atoms with van der Waals surface area (Å²) in [6.45, 7) is 4.35. The lowest BCUT2D eigenvalue weighted by Gasteiger charge is -2.18. The number of aryl methyl sites for hydroxylation is 2. The van der Waals surface area contributed by atoms with Gasteiger partial charge in [-0.3, -0.25) is 0 Å². The summed E-state index contributed by atoms with van der Waals surface area (Å²) >= 11 is 0. The molecule has 166 valence electrons. The first-order chi connectivity index (χ1) is 14.4. The van der Waals surface area contributed by atoms with E-state index in [-0.39, 0.29) is 30.1 Å². The first-order valence-corrected chi connectivity index (χ1v) is 10.6. The zero-order valence-corrected chi connectivity index (χ0v) is 17.7. The molecule has 0 aliphatic heterocycles. The van der Waals surface area contributed by atoms with Crippen LogP contribution in [0.1, 0.15) is 63.5 Å². The van der Waals surface area contributed by atoms with Gasteiger partial charge in [0, 0.05) is 0 Å². The number of hydrogen-bond acceptors (Lipinski definition) is 2. The van der Waals surface area contributed by atoms with Crippen molar-refractivity contribution in [1.82, 2.24) is 0 Å². The van der Waals surface area contributed by atoms with E-state index in [2.05, 4.69) is 6.92 Å². The van der Waals surface area contributed by atoms with Gasteiger partial charge in [0.15, 0.2) is 11.6 Å². The molecule has 0 atom stereocenters. The van der Waals surface area contributed by atoms with Crippen LogP contribution >= 0.6 is 0 Å². The molecule has 2 aromatic carbocycles. The van der Waals surface area contributed by atoms with Crippen LogP contribution in [0, 0.1) is 11.6 Å². The lowest BCUT2D eigenvalue weighted by molar-refractivity contribution is -0.180. The molecule has 0 radical (unpaired) electrons. The standard InChI is InChI=1S/C24H30F4O2/c1-3-5-7-8-18-9-12-20(13-10-18)30-24(27,28)16-15-19-11-14-21(23(26)22(19)25)29-17-6-4-2/h9-14H,3-8,15-17H2,1-2H3. The van der Waals surface area contributed by atoms with Crippen molar-refractivity contribution in [3.8, 4) is 11.5 Å². The van der Waals surface area contributed by atoms with E-state index in [0.29, 0.717) is 6.42 Å². The molecule has 2 rings (SSSR count). The Balaban J connectivity index is 1.92. The quantitative estimate of drug-likeness (QED) is 0.244. The van der Waals surface area contributed by atoms with Crippen molar-refractivity contribution < 1.29 is 27.0 Å².